The zero-order valence-corrected chi connectivity index (χ0v) is 11.2. The molecule has 1 N–H and O–H groups in total. The van der Waals surface area contributed by atoms with Crippen LogP contribution in [0.25, 0.3) is 0 Å². The Balaban J connectivity index is 1.43. The van der Waals surface area contributed by atoms with Crippen molar-refractivity contribution in [3.63, 3.8) is 0 Å². The molecule has 2 fully saturated rings. The van der Waals surface area contributed by atoms with Gasteiger partial charge in [-0.15, -0.1) is 0 Å². The molecule has 0 saturated heterocycles. The third-order valence-electron chi connectivity index (χ3n) is 4.16. The fourth-order valence-electron chi connectivity index (χ4n) is 2.85. The summed E-state index contributed by atoms with van der Waals surface area (Å²) in [5.74, 6) is 2.72. The lowest BCUT2D eigenvalue weighted by Gasteiger charge is -2.18. The summed E-state index contributed by atoms with van der Waals surface area (Å²) in [6, 6.07) is 0.812. The van der Waals surface area contributed by atoms with Gasteiger partial charge in [0.1, 0.15) is 5.76 Å². The summed E-state index contributed by atoms with van der Waals surface area (Å²) < 4.78 is 5.91. The van der Waals surface area contributed by atoms with Crippen molar-refractivity contribution in [3.05, 3.63) is 17.8 Å². The highest BCUT2D eigenvalue weighted by atomic mass is 16.4. The molecule has 2 aliphatic carbocycles. The molecule has 0 aliphatic heterocycles. The third kappa shape index (κ3) is 3.35. The summed E-state index contributed by atoms with van der Waals surface area (Å²) >= 11 is 0. The Morgan fingerprint density at radius 1 is 1.17 bits per heavy atom. The highest BCUT2D eigenvalue weighted by molar-refractivity contribution is 5.03. The van der Waals surface area contributed by atoms with Crippen molar-refractivity contribution in [2.24, 2.45) is 0 Å². The van der Waals surface area contributed by atoms with Gasteiger partial charge in [0.15, 0.2) is 5.89 Å². The quantitative estimate of drug-likeness (QED) is 0.784. The van der Waals surface area contributed by atoms with Crippen molar-refractivity contribution in [2.75, 3.05) is 6.54 Å². The SMILES string of the molecule is c1nc(CCCNC2CC2)oc1C1CCCCC1. The first-order valence-electron chi connectivity index (χ1n) is 7.60. The molecule has 2 aliphatic rings. The van der Waals surface area contributed by atoms with E-state index in [0.717, 1.165) is 37.1 Å². The Labute approximate surface area is 109 Å². The normalized spacial score (nSPS) is 21.3. The third-order valence-corrected chi connectivity index (χ3v) is 4.16. The number of nitrogens with zero attached hydrogens (tertiary/aromatic N) is 1. The summed E-state index contributed by atoms with van der Waals surface area (Å²) in [5.41, 5.74) is 0. The van der Waals surface area contributed by atoms with E-state index in [9.17, 15) is 0 Å². The first-order chi connectivity index (χ1) is 8.92. The van der Waals surface area contributed by atoms with Crippen molar-refractivity contribution < 1.29 is 4.42 Å². The second kappa shape index (κ2) is 5.87. The predicted molar refractivity (Wildman–Crippen MR) is 71.7 cm³/mol. The molecule has 2 saturated carbocycles. The largest absolute Gasteiger partial charge is 0.445 e. The molecule has 1 heterocycles. The van der Waals surface area contributed by atoms with Crippen molar-refractivity contribution in [2.45, 2.75) is 69.7 Å². The molecule has 3 nitrogen and oxygen atoms in total. The van der Waals surface area contributed by atoms with Crippen LogP contribution in [0.15, 0.2) is 10.6 Å². The number of aromatic nitrogens is 1. The van der Waals surface area contributed by atoms with Crippen molar-refractivity contribution in [3.8, 4) is 0 Å². The maximum Gasteiger partial charge on any atom is 0.194 e. The maximum absolute atomic E-state index is 5.91. The first kappa shape index (κ1) is 12.2. The van der Waals surface area contributed by atoms with Crippen LogP contribution in [0.1, 0.15) is 68.9 Å². The van der Waals surface area contributed by atoms with E-state index in [1.54, 1.807) is 0 Å². The molecule has 0 unspecified atom stereocenters. The summed E-state index contributed by atoms with van der Waals surface area (Å²) in [7, 11) is 0. The highest BCUT2D eigenvalue weighted by Crippen LogP contribution is 2.32. The van der Waals surface area contributed by atoms with Crippen molar-refractivity contribution >= 4 is 0 Å². The van der Waals surface area contributed by atoms with E-state index in [2.05, 4.69) is 10.3 Å². The number of oxazole rings is 1. The molecule has 3 heteroatoms. The summed E-state index contributed by atoms with van der Waals surface area (Å²) in [4.78, 5) is 4.43. The van der Waals surface area contributed by atoms with Crippen LogP contribution in [0.5, 0.6) is 0 Å². The van der Waals surface area contributed by atoms with Crippen LogP contribution in [0.4, 0.5) is 0 Å². The van der Waals surface area contributed by atoms with Gasteiger partial charge in [-0.25, -0.2) is 4.98 Å². The molecule has 1 aromatic rings. The molecule has 0 bridgehead atoms. The molecule has 0 aromatic carbocycles. The van der Waals surface area contributed by atoms with Crippen LogP contribution in [0.3, 0.4) is 0 Å². The molecule has 0 amide bonds. The maximum atomic E-state index is 5.91. The first-order valence-corrected chi connectivity index (χ1v) is 7.60. The van der Waals surface area contributed by atoms with Gasteiger partial charge in [0.05, 0.1) is 6.20 Å². The number of rotatable bonds is 6. The van der Waals surface area contributed by atoms with Gasteiger partial charge in [-0.1, -0.05) is 19.3 Å². The fraction of sp³-hybridized carbons (Fsp3) is 0.800. The van der Waals surface area contributed by atoms with E-state index in [-0.39, 0.29) is 0 Å². The van der Waals surface area contributed by atoms with E-state index < -0.39 is 0 Å². The Bertz CT molecular complexity index is 364. The van der Waals surface area contributed by atoms with Gasteiger partial charge in [0.25, 0.3) is 0 Å². The number of hydrogen-bond donors (Lipinski definition) is 1. The van der Waals surface area contributed by atoms with Crippen LogP contribution in [0, 0.1) is 0 Å². The molecular formula is C15H24N2O. The molecular weight excluding hydrogens is 224 g/mol. The minimum absolute atomic E-state index is 0.643. The van der Waals surface area contributed by atoms with Gasteiger partial charge in [-0.3, -0.25) is 0 Å². The Kier molecular flexibility index (Phi) is 3.99. The Morgan fingerprint density at radius 3 is 2.78 bits per heavy atom. The second-order valence-corrected chi connectivity index (χ2v) is 5.82. The summed E-state index contributed by atoms with van der Waals surface area (Å²) in [6.45, 7) is 1.10. The van der Waals surface area contributed by atoms with Crippen molar-refractivity contribution in [1.82, 2.24) is 10.3 Å². The molecule has 1 aromatic heterocycles. The zero-order chi connectivity index (χ0) is 12.2. The topological polar surface area (TPSA) is 38.1 Å². The second-order valence-electron chi connectivity index (χ2n) is 5.82. The van der Waals surface area contributed by atoms with Crippen molar-refractivity contribution in [1.29, 1.82) is 0 Å². The standard InChI is InChI=1S/C15H24N2O/c1-2-5-12(6-3-1)14-11-17-15(18-14)7-4-10-16-13-8-9-13/h11-13,16H,1-10H2. The van der Waals surface area contributed by atoms with E-state index in [0.29, 0.717) is 5.92 Å². The van der Waals surface area contributed by atoms with Gasteiger partial charge in [-0.05, 0) is 38.6 Å². The summed E-state index contributed by atoms with van der Waals surface area (Å²) in [5, 5.41) is 3.53. The monoisotopic (exact) mass is 248 g/mol. The minimum Gasteiger partial charge on any atom is -0.445 e. The lowest BCUT2D eigenvalue weighted by Crippen LogP contribution is -2.17. The van der Waals surface area contributed by atoms with Crippen LogP contribution >= 0.6 is 0 Å². The average molecular weight is 248 g/mol. The minimum atomic E-state index is 0.643. The number of hydrogen-bond acceptors (Lipinski definition) is 3. The van der Waals surface area contributed by atoms with E-state index in [1.165, 1.54) is 44.9 Å². The Morgan fingerprint density at radius 2 is 2.00 bits per heavy atom. The summed E-state index contributed by atoms with van der Waals surface area (Å²) in [6.07, 6.45) is 13.5. The zero-order valence-electron chi connectivity index (χ0n) is 11.2. The van der Waals surface area contributed by atoms with E-state index in [1.807, 2.05) is 6.20 Å². The fourth-order valence-corrected chi connectivity index (χ4v) is 2.85. The lowest BCUT2D eigenvalue weighted by molar-refractivity contribution is 0.358. The van der Waals surface area contributed by atoms with E-state index in [4.69, 9.17) is 4.42 Å². The van der Waals surface area contributed by atoms with Gasteiger partial charge in [-0.2, -0.15) is 0 Å². The van der Waals surface area contributed by atoms with E-state index >= 15 is 0 Å². The van der Waals surface area contributed by atoms with Crippen LogP contribution < -0.4 is 5.32 Å². The highest BCUT2D eigenvalue weighted by Gasteiger charge is 2.20. The molecule has 3 rings (SSSR count). The predicted octanol–water partition coefficient (Wildman–Crippen LogP) is 3.41. The Hall–Kier alpha value is -0.830. The number of nitrogens with one attached hydrogen (secondary N) is 1. The molecule has 18 heavy (non-hydrogen) atoms. The molecule has 0 atom stereocenters. The van der Waals surface area contributed by atoms with Crippen LogP contribution in [0.2, 0.25) is 0 Å². The van der Waals surface area contributed by atoms with Gasteiger partial charge >= 0.3 is 0 Å². The van der Waals surface area contributed by atoms with Crippen LogP contribution in [-0.2, 0) is 6.42 Å². The van der Waals surface area contributed by atoms with Gasteiger partial charge in [0, 0.05) is 18.4 Å². The molecule has 0 radical (unpaired) electrons. The molecule has 100 valence electrons. The average Bonchev–Trinajstić information content (AvgIpc) is 3.12. The number of aryl methyl sites for hydroxylation is 1. The van der Waals surface area contributed by atoms with Crippen LogP contribution in [-0.4, -0.2) is 17.6 Å². The lowest BCUT2D eigenvalue weighted by atomic mass is 9.88. The van der Waals surface area contributed by atoms with Gasteiger partial charge < -0.3 is 9.73 Å². The van der Waals surface area contributed by atoms with Gasteiger partial charge in [0.2, 0.25) is 0 Å². The molecule has 0 spiro atoms. The smallest absolute Gasteiger partial charge is 0.194 e.